The first-order valence-corrected chi connectivity index (χ1v) is 6.49. The Morgan fingerprint density at radius 3 is 3.11 bits per heavy atom. The molecule has 0 spiro atoms. The molecule has 0 saturated carbocycles. The van der Waals surface area contributed by atoms with Gasteiger partial charge >= 0.3 is 0 Å². The number of benzene rings is 1. The third kappa shape index (κ3) is 2.02. The van der Waals surface area contributed by atoms with Crippen LogP contribution in [0.2, 0.25) is 0 Å². The second-order valence-electron chi connectivity index (χ2n) is 4.96. The van der Waals surface area contributed by atoms with Crippen LogP contribution in [-0.4, -0.2) is 25.7 Å². The van der Waals surface area contributed by atoms with Gasteiger partial charge < -0.3 is 15.4 Å². The molecule has 2 N–H and O–H groups in total. The topological polar surface area (TPSA) is 50.4 Å². The highest BCUT2D eigenvalue weighted by Crippen LogP contribution is 2.31. The summed E-state index contributed by atoms with van der Waals surface area (Å²) in [6.07, 6.45) is 2.97. The molecular formula is C14H18N2O2. The average Bonchev–Trinajstić information content (AvgIpc) is 2.97. The summed E-state index contributed by atoms with van der Waals surface area (Å²) in [5, 5.41) is 6.19. The minimum absolute atomic E-state index is 0.0836. The number of likely N-dealkylation sites (N-methyl/N-ethyl adjacent to an activating group) is 1. The van der Waals surface area contributed by atoms with Crippen LogP contribution in [0.3, 0.4) is 0 Å². The van der Waals surface area contributed by atoms with Crippen LogP contribution in [0.4, 0.5) is 5.69 Å². The number of fused-ring (bicyclic) bond motifs is 1. The Morgan fingerprint density at radius 1 is 1.50 bits per heavy atom. The van der Waals surface area contributed by atoms with Crippen LogP contribution < -0.4 is 10.6 Å². The van der Waals surface area contributed by atoms with Gasteiger partial charge in [-0.3, -0.25) is 4.79 Å². The summed E-state index contributed by atoms with van der Waals surface area (Å²) >= 11 is 0. The molecule has 0 bridgehead atoms. The number of carbonyl (C=O) groups is 1. The van der Waals surface area contributed by atoms with Gasteiger partial charge in [-0.15, -0.1) is 0 Å². The van der Waals surface area contributed by atoms with Gasteiger partial charge in [0.25, 0.3) is 0 Å². The first-order valence-electron chi connectivity index (χ1n) is 6.49. The number of amides is 1. The molecule has 1 amide bonds. The molecule has 0 radical (unpaired) electrons. The maximum Gasteiger partial charge on any atom is 0.228 e. The zero-order chi connectivity index (χ0) is 12.5. The van der Waals surface area contributed by atoms with Crippen molar-refractivity contribution in [3.63, 3.8) is 0 Å². The largest absolute Gasteiger partial charge is 0.376 e. The maximum atomic E-state index is 11.4. The van der Waals surface area contributed by atoms with Crippen LogP contribution >= 0.6 is 0 Å². The summed E-state index contributed by atoms with van der Waals surface area (Å²) in [6, 6.07) is 6.41. The SMILES string of the molecule is CNC(c1ccc2c(c1)CC(=O)N2)C1CCCO1. The normalized spacial score (nSPS) is 23.8. The van der Waals surface area contributed by atoms with Gasteiger partial charge in [0.2, 0.25) is 5.91 Å². The molecule has 2 atom stereocenters. The molecule has 0 aromatic heterocycles. The summed E-state index contributed by atoms with van der Waals surface area (Å²) in [7, 11) is 1.96. The molecule has 2 aliphatic heterocycles. The van der Waals surface area contributed by atoms with Gasteiger partial charge in [0.05, 0.1) is 18.6 Å². The van der Waals surface area contributed by atoms with Crippen molar-refractivity contribution < 1.29 is 9.53 Å². The summed E-state index contributed by atoms with van der Waals surface area (Å²) in [4.78, 5) is 11.4. The van der Waals surface area contributed by atoms with Crippen molar-refractivity contribution >= 4 is 11.6 Å². The molecule has 2 unspecified atom stereocenters. The van der Waals surface area contributed by atoms with Gasteiger partial charge in [-0.25, -0.2) is 0 Å². The quantitative estimate of drug-likeness (QED) is 0.852. The highest BCUT2D eigenvalue weighted by atomic mass is 16.5. The van der Waals surface area contributed by atoms with Gasteiger partial charge in [0.15, 0.2) is 0 Å². The van der Waals surface area contributed by atoms with Gasteiger partial charge in [-0.1, -0.05) is 12.1 Å². The second kappa shape index (κ2) is 4.71. The predicted octanol–water partition coefficient (Wildman–Crippen LogP) is 1.62. The lowest BCUT2D eigenvalue weighted by molar-refractivity contribution is -0.115. The Balaban J connectivity index is 1.87. The number of carbonyl (C=O) groups excluding carboxylic acids is 1. The molecule has 18 heavy (non-hydrogen) atoms. The van der Waals surface area contributed by atoms with Crippen molar-refractivity contribution in [3.05, 3.63) is 29.3 Å². The summed E-state index contributed by atoms with van der Waals surface area (Å²) < 4.78 is 5.76. The number of ether oxygens (including phenoxy) is 1. The van der Waals surface area contributed by atoms with Crippen molar-refractivity contribution in [2.24, 2.45) is 0 Å². The molecule has 1 aromatic carbocycles. The summed E-state index contributed by atoms with van der Waals surface area (Å²) in [6.45, 7) is 0.855. The fourth-order valence-corrected chi connectivity index (χ4v) is 2.88. The fourth-order valence-electron chi connectivity index (χ4n) is 2.88. The summed E-state index contributed by atoms with van der Waals surface area (Å²) in [5.41, 5.74) is 3.25. The highest BCUT2D eigenvalue weighted by Gasteiger charge is 2.27. The van der Waals surface area contributed by atoms with E-state index >= 15 is 0 Å². The molecule has 4 nitrogen and oxygen atoms in total. The molecule has 0 aliphatic carbocycles. The molecule has 1 saturated heterocycles. The standard InChI is InChI=1S/C14H18N2O2/c1-15-14(12-3-2-6-18-12)9-4-5-11-10(7-9)8-13(17)16-11/h4-5,7,12,14-15H,2-3,6,8H2,1H3,(H,16,17). The monoisotopic (exact) mass is 246 g/mol. The maximum absolute atomic E-state index is 11.4. The van der Waals surface area contributed by atoms with E-state index in [1.807, 2.05) is 13.1 Å². The molecule has 2 aliphatic rings. The van der Waals surface area contributed by atoms with E-state index in [0.717, 1.165) is 30.7 Å². The van der Waals surface area contributed by atoms with E-state index in [1.165, 1.54) is 5.56 Å². The minimum Gasteiger partial charge on any atom is -0.376 e. The summed E-state index contributed by atoms with van der Waals surface area (Å²) in [5.74, 6) is 0.0836. The number of rotatable bonds is 3. The van der Waals surface area contributed by atoms with Gasteiger partial charge in [-0.2, -0.15) is 0 Å². The van der Waals surface area contributed by atoms with E-state index in [-0.39, 0.29) is 18.1 Å². The Bertz CT molecular complexity index is 467. The van der Waals surface area contributed by atoms with Crippen LogP contribution in [-0.2, 0) is 16.0 Å². The fraction of sp³-hybridized carbons (Fsp3) is 0.500. The lowest BCUT2D eigenvalue weighted by Gasteiger charge is -2.23. The highest BCUT2D eigenvalue weighted by molar-refractivity contribution is 5.99. The smallest absolute Gasteiger partial charge is 0.228 e. The van der Waals surface area contributed by atoms with Crippen LogP contribution in [0.25, 0.3) is 0 Å². The Morgan fingerprint density at radius 2 is 2.39 bits per heavy atom. The minimum atomic E-state index is 0.0836. The van der Waals surface area contributed by atoms with E-state index in [0.29, 0.717) is 6.42 Å². The molecular weight excluding hydrogens is 228 g/mol. The zero-order valence-electron chi connectivity index (χ0n) is 10.5. The Labute approximate surface area is 107 Å². The Hall–Kier alpha value is -1.39. The third-order valence-electron chi connectivity index (χ3n) is 3.76. The van der Waals surface area contributed by atoms with Crippen molar-refractivity contribution in [1.82, 2.24) is 5.32 Å². The average molecular weight is 246 g/mol. The van der Waals surface area contributed by atoms with Gasteiger partial charge in [0, 0.05) is 12.3 Å². The van der Waals surface area contributed by atoms with Crippen LogP contribution in [0.15, 0.2) is 18.2 Å². The van der Waals surface area contributed by atoms with Crippen LogP contribution in [0.1, 0.15) is 30.0 Å². The van der Waals surface area contributed by atoms with Gasteiger partial charge in [-0.05, 0) is 37.1 Å². The van der Waals surface area contributed by atoms with E-state index in [9.17, 15) is 4.79 Å². The van der Waals surface area contributed by atoms with E-state index in [1.54, 1.807) is 0 Å². The molecule has 1 fully saturated rings. The Kier molecular flexibility index (Phi) is 3.06. The number of anilines is 1. The molecule has 96 valence electrons. The molecule has 3 rings (SSSR count). The van der Waals surface area contributed by atoms with E-state index in [4.69, 9.17) is 4.74 Å². The molecule has 4 heteroatoms. The zero-order valence-corrected chi connectivity index (χ0v) is 10.5. The van der Waals surface area contributed by atoms with Crippen molar-refractivity contribution in [2.45, 2.75) is 31.4 Å². The predicted molar refractivity (Wildman–Crippen MR) is 69.6 cm³/mol. The molecule has 1 aromatic rings. The first kappa shape index (κ1) is 11.7. The number of nitrogens with one attached hydrogen (secondary N) is 2. The van der Waals surface area contributed by atoms with Crippen LogP contribution in [0.5, 0.6) is 0 Å². The number of hydrogen-bond acceptors (Lipinski definition) is 3. The van der Waals surface area contributed by atoms with Gasteiger partial charge in [0.1, 0.15) is 0 Å². The lowest BCUT2D eigenvalue weighted by atomic mass is 9.97. The first-order chi connectivity index (χ1) is 8.78. The van der Waals surface area contributed by atoms with Crippen LogP contribution in [0, 0.1) is 0 Å². The van der Waals surface area contributed by atoms with Crippen molar-refractivity contribution in [1.29, 1.82) is 0 Å². The van der Waals surface area contributed by atoms with E-state index in [2.05, 4.69) is 22.8 Å². The van der Waals surface area contributed by atoms with E-state index < -0.39 is 0 Å². The lowest BCUT2D eigenvalue weighted by Crippen LogP contribution is -2.28. The van der Waals surface area contributed by atoms with Crippen molar-refractivity contribution in [3.8, 4) is 0 Å². The van der Waals surface area contributed by atoms with Crippen molar-refractivity contribution in [2.75, 3.05) is 19.0 Å². The number of hydrogen-bond donors (Lipinski definition) is 2. The second-order valence-corrected chi connectivity index (χ2v) is 4.96. The molecule has 2 heterocycles. The third-order valence-corrected chi connectivity index (χ3v) is 3.76.